The van der Waals surface area contributed by atoms with Gasteiger partial charge in [0, 0.05) is 0 Å². The van der Waals surface area contributed by atoms with Gasteiger partial charge in [-0.2, -0.15) is 0 Å². The highest BCUT2D eigenvalue weighted by Crippen LogP contribution is 2.14. The quantitative estimate of drug-likeness (QED) is 0.641. The fraction of sp³-hybridized carbons (Fsp3) is 0.889. The zero-order valence-electron chi connectivity index (χ0n) is 8.22. The standard InChI is InChI=1S/C9H18N2O/c1-5(2)7-9(12)8(6(3)4)11-10-7/h5-8,10-11H,1-4H3. The van der Waals surface area contributed by atoms with E-state index in [1.54, 1.807) is 0 Å². The predicted octanol–water partition coefficient (Wildman–Crippen LogP) is 0.712. The average molecular weight is 170 g/mol. The van der Waals surface area contributed by atoms with Gasteiger partial charge < -0.3 is 0 Å². The maximum atomic E-state index is 11.7. The molecule has 2 unspecified atom stereocenters. The molecule has 1 rings (SSSR count). The number of rotatable bonds is 2. The van der Waals surface area contributed by atoms with Crippen molar-refractivity contribution in [3.05, 3.63) is 0 Å². The number of Topliss-reactive ketones (excluding diaryl/α,β-unsaturated/α-hetero) is 1. The van der Waals surface area contributed by atoms with Crippen LogP contribution in [0.15, 0.2) is 0 Å². The predicted molar refractivity (Wildman–Crippen MR) is 48.5 cm³/mol. The van der Waals surface area contributed by atoms with Gasteiger partial charge in [-0.05, 0) is 11.8 Å². The van der Waals surface area contributed by atoms with Crippen molar-refractivity contribution < 1.29 is 4.79 Å². The van der Waals surface area contributed by atoms with Gasteiger partial charge in [-0.3, -0.25) is 4.79 Å². The van der Waals surface area contributed by atoms with Crippen LogP contribution in [0.2, 0.25) is 0 Å². The minimum atomic E-state index is -0.00241. The lowest BCUT2D eigenvalue weighted by atomic mass is 9.93. The fourth-order valence-electron chi connectivity index (χ4n) is 1.51. The molecule has 1 fully saturated rings. The van der Waals surface area contributed by atoms with E-state index in [0.29, 0.717) is 17.6 Å². The molecule has 3 nitrogen and oxygen atoms in total. The van der Waals surface area contributed by atoms with Crippen molar-refractivity contribution in [1.82, 2.24) is 10.9 Å². The number of ketones is 1. The number of hydrazine groups is 1. The Balaban J connectivity index is 2.61. The van der Waals surface area contributed by atoms with Crippen molar-refractivity contribution in [2.75, 3.05) is 0 Å². The third kappa shape index (κ3) is 1.67. The SMILES string of the molecule is CC(C)C1NNC(C(C)C)C1=O. The molecule has 12 heavy (non-hydrogen) atoms. The maximum Gasteiger partial charge on any atom is 0.169 e. The number of hydrogen-bond donors (Lipinski definition) is 2. The summed E-state index contributed by atoms with van der Waals surface area (Å²) in [7, 11) is 0. The van der Waals surface area contributed by atoms with Crippen LogP contribution in [0.5, 0.6) is 0 Å². The second-order valence-electron chi connectivity index (χ2n) is 4.13. The number of hydrogen-bond acceptors (Lipinski definition) is 3. The van der Waals surface area contributed by atoms with E-state index < -0.39 is 0 Å². The lowest BCUT2D eigenvalue weighted by Gasteiger charge is -2.13. The Morgan fingerprint density at radius 2 is 1.33 bits per heavy atom. The van der Waals surface area contributed by atoms with Gasteiger partial charge in [0.15, 0.2) is 5.78 Å². The summed E-state index contributed by atoms with van der Waals surface area (Å²) in [6, 6.07) is -0.00481. The normalized spacial score (nSPS) is 30.7. The van der Waals surface area contributed by atoms with E-state index in [4.69, 9.17) is 0 Å². The molecule has 0 bridgehead atoms. The summed E-state index contributed by atoms with van der Waals surface area (Å²) in [4.78, 5) is 11.7. The van der Waals surface area contributed by atoms with Gasteiger partial charge in [0.25, 0.3) is 0 Å². The van der Waals surface area contributed by atoms with Crippen molar-refractivity contribution in [3.63, 3.8) is 0 Å². The largest absolute Gasteiger partial charge is 0.296 e. The average Bonchev–Trinajstić information content (AvgIpc) is 2.30. The summed E-state index contributed by atoms with van der Waals surface area (Å²) in [5.74, 6) is 1.04. The molecule has 1 heterocycles. The van der Waals surface area contributed by atoms with Crippen LogP contribution in [0.3, 0.4) is 0 Å². The van der Waals surface area contributed by atoms with Gasteiger partial charge in [0.2, 0.25) is 0 Å². The molecule has 0 spiro atoms. The maximum absolute atomic E-state index is 11.7. The van der Waals surface area contributed by atoms with Crippen molar-refractivity contribution in [2.24, 2.45) is 11.8 Å². The van der Waals surface area contributed by atoms with Gasteiger partial charge in [-0.15, -0.1) is 0 Å². The van der Waals surface area contributed by atoms with Crippen LogP contribution in [0.4, 0.5) is 0 Å². The Morgan fingerprint density at radius 3 is 1.50 bits per heavy atom. The first-order valence-corrected chi connectivity index (χ1v) is 4.58. The zero-order valence-corrected chi connectivity index (χ0v) is 8.22. The highest BCUT2D eigenvalue weighted by atomic mass is 16.1. The molecule has 70 valence electrons. The molecule has 0 aromatic rings. The summed E-state index contributed by atoms with van der Waals surface area (Å²) in [5.41, 5.74) is 6.08. The van der Waals surface area contributed by atoms with Crippen molar-refractivity contribution in [2.45, 2.75) is 39.8 Å². The molecule has 2 N–H and O–H groups in total. The first-order chi connectivity index (χ1) is 5.54. The molecule has 0 radical (unpaired) electrons. The summed E-state index contributed by atoms with van der Waals surface area (Å²) >= 11 is 0. The molecule has 0 aliphatic carbocycles. The first kappa shape index (κ1) is 9.68. The second-order valence-corrected chi connectivity index (χ2v) is 4.13. The van der Waals surface area contributed by atoms with Gasteiger partial charge >= 0.3 is 0 Å². The van der Waals surface area contributed by atoms with Crippen LogP contribution in [0, 0.1) is 11.8 Å². The number of carbonyl (C=O) groups excluding carboxylic acids is 1. The van der Waals surface area contributed by atoms with E-state index in [1.165, 1.54) is 0 Å². The van der Waals surface area contributed by atoms with Crippen LogP contribution in [0.25, 0.3) is 0 Å². The van der Waals surface area contributed by atoms with E-state index in [1.807, 2.05) is 0 Å². The van der Waals surface area contributed by atoms with Crippen molar-refractivity contribution in [1.29, 1.82) is 0 Å². The molecule has 1 aliphatic heterocycles. The van der Waals surface area contributed by atoms with E-state index >= 15 is 0 Å². The topological polar surface area (TPSA) is 41.1 Å². The van der Waals surface area contributed by atoms with E-state index in [9.17, 15) is 4.79 Å². The molecule has 1 saturated heterocycles. The van der Waals surface area contributed by atoms with E-state index in [-0.39, 0.29) is 12.1 Å². The number of carbonyl (C=O) groups is 1. The molecule has 2 atom stereocenters. The number of nitrogens with one attached hydrogen (secondary N) is 2. The molecule has 0 saturated carbocycles. The minimum absolute atomic E-state index is 0.00241. The molecule has 1 aliphatic rings. The lowest BCUT2D eigenvalue weighted by Crippen LogP contribution is -2.37. The van der Waals surface area contributed by atoms with E-state index in [0.717, 1.165) is 0 Å². The molecule has 0 aromatic heterocycles. The summed E-state index contributed by atoms with van der Waals surface area (Å²) in [5, 5.41) is 0. The molecule has 0 aromatic carbocycles. The summed E-state index contributed by atoms with van der Waals surface area (Å²) in [6.07, 6.45) is 0. The highest BCUT2D eigenvalue weighted by Gasteiger charge is 2.36. The van der Waals surface area contributed by atoms with E-state index in [2.05, 4.69) is 38.5 Å². The first-order valence-electron chi connectivity index (χ1n) is 4.58. The van der Waals surface area contributed by atoms with Crippen LogP contribution in [-0.2, 0) is 4.79 Å². The van der Waals surface area contributed by atoms with Gasteiger partial charge in [-0.1, -0.05) is 27.7 Å². The Hall–Kier alpha value is -0.410. The van der Waals surface area contributed by atoms with Crippen LogP contribution < -0.4 is 10.9 Å². The van der Waals surface area contributed by atoms with Crippen molar-refractivity contribution in [3.8, 4) is 0 Å². The molecular weight excluding hydrogens is 152 g/mol. The molecule has 3 heteroatoms. The Bertz CT molecular complexity index is 159. The monoisotopic (exact) mass is 170 g/mol. The molecular formula is C9H18N2O. The Labute approximate surface area is 73.9 Å². The van der Waals surface area contributed by atoms with Crippen LogP contribution >= 0.6 is 0 Å². The van der Waals surface area contributed by atoms with Crippen LogP contribution in [0.1, 0.15) is 27.7 Å². The Kier molecular flexibility index (Phi) is 2.85. The lowest BCUT2D eigenvalue weighted by molar-refractivity contribution is -0.121. The van der Waals surface area contributed by atoms with Gasteiger partial charge in [0.1, 0.15) is 0 Å². The third-order valence-electron chi connectivity index (χ3n) is 2.34. The smallest absolute Gasteiger partial charge is 0.169 e. The van der Waals surface area contributed by atoms with Gasteiger partial charge in [-0.25, -0.2) is 10.9 Å². The van der Waals surface area contributed by atoms with Gasteiger partial charge in [0.05, 0.1) is 12.1 Å². The van der Waals surface area contributed by atoms with Crippen molar-refractivity contribution >= 4 is 5.78 Å². The fourth-order valence-corrected chi connectivity index (χ4v) is 1.51. The third-order valence-corrected chi connectivity index (χ3v) is 2.34. The summed E-state index contributed by atoms with van der Waals surface area (Å²) in [6.45, 7) is 8.22. The molecule has 0 amide bonds. The second kappa shape index (κ2) is 3.54. The summed E-state index contributed by atoms with van der Waals surface area (Å²) < 4.78 is 0. The Morgan fingerprint density at radius 1 is 1.00 bits per heavy atom. The van der Waals surface area contributed by atoms with Crippen LogP contribution in [-0.4, -0.2) is 17.9 Å². The minimum Gasteiger partial charge on any atom is -0.296 e. The highest BCUT2D eigenvalue weighted by molar-refractivity contribution is 5.91. The zero-order chi connectivity index (χ0) is 9.30.